The molecule has 5 aromatic carbocycles. The highest BCUT2D eigenvalue weighted by molar-refractivity contribution is 6.03. The number of ketones is 2. The molecule has 5 aromatic heterocycles. The van der Waals surface area contributed by atoms with E-state index in [1.165, 1.54) is 11.9 Å². The Hall–Kier alpha value is -11.3. The average Bonchev–Trinajstić information content (AvgIpc) is 0.815. The average molecular weight is 1380 g/mol. The Labute approximate surface area is 592 Å². The van der Waals surface area contributed by atoms with E-state index >= 15 is 0 Å². The summed E-state index contributed by atoms with van der Waals surface area (Å²) in [6.07, 6.45) is 10.3. The predicted molar refractivity (Wildman–Crippen MR) is 396 cm³/mol. The van der Waals surface area contributed by atoms with Crippen LogP contribution in [0.25, 0.3) is 55.0 Å². The number of nitrogens with one attached hydrogen (secondary N) is 2. The van der Waals surface area contributed by atoms with Crippen LogP contribution < -0.4 is 31.1 Å². The minimum atomic E-state index is -0.984. The van der Waals surface area contributed by atoms with Crippen LogP contribution in [0.5, 0.6) is 0 Å². The number of aromatic nitrogens is 3. The lowest BCUT2D eigenvalue weighted by Crippen LogP contribution is -2.50. The standard InChI is InChI=1S/C35H40N4O6.C25H24N4O2.C19H23N3O4/c1-34(2,3)44-32(41)37-29-10-8-23(25-11-16-43-22-25)17-26(29)19-31(40)27-18-24-7-9-28(20-30(24)36-21-27)38-12-14-39(15-13-38)33(42)45-35(4,5)6;26-23-4-2-17(19-5-10-31-16-19)11-20(23)13-25(30)21-12-18-1-3-22(14-24(18)28-15-21)29-8-6-27-7-9-29;1-19(2,3)26-18(25)22-8-6-21(7-9-22)15-5-4-13-10-14(17(23)24)12-20-16(13)11-15/h7-11,16-18,20-22H,12-15,19H2,1-6H3,(H,37,41);1-5,10-12,14-16,27H,6-9,13,26H2;4-5,10-12H,6-9H2,1-3H3,(H,23,24). The number of amides is 3. The number of furan rings is 2. The maximum absolute atomic E-state index is 13.6. The molecule has 530 valence electrons. The van der Waals surface area contributed by atoms with Crippen LogP contribution in [-0.4, -0.2) is 161 Å². The number of hydrogen-bond acceptors (Lipinski definition) is 19. The van der Waals surface area contributed by atoms with Crippen molar-refractivity contribution in [3.63, 3.8) is 0 Å². The summed E-state index contributed by atoms with van der Waals surface area (Å²) in [5.41, 5.74) is 17.5. The summed E-state index contributed by atoms with van der Waals surface area (Å²) >= 11 is 0. The van der Waals surface area contributed by atoms with Gasteiger partial charge in [-0.3, -0.25) is 29.9 Å². The number of ether oxygens (including phenoxy) is 3. The second-order valence-electron chi connectivity index (χ2n) is 28.4. The molecule has 3 amide bonds. The van der Waals surface area contributed by atoms with E-state index in [0.29, 0.717) is 80.4 Å². The summed E-state index contributed by atoms with van der Waals surface area (Å²) in [7, 11) is 0. The molecule has 23 nitrogen and oxygen atoms in total. The number of anilines is 5. The SMILES string of the molecule is CC(C)(C)OC(=O)N1CCN(c2ccc3cc(C(=O)O)cnc3c2)CC1.CC(C)(C)OC(=O)Nc1ccc(-c2ccoc2)cc1CC(=O)c1cnc2cc(N3CCN(C(=O)OC(C)(C)C)CC3)ccc2c1.Nc1ccc(-c2ccoc2)cc1CC(=O)c1cnc2cc(N3CCNCC3)ccc2c1. The molecule has 0 bridgehead atoms. The maximum atomic E-state index is 13.6. The van der Waals surface area contributed by atoms with Crippen molar-refractivity contribution in [2.24, 2.45) is 0 Å². The zero-order valence-electron chi connectivity index (χ0n) is 59.1. The number of carboxylic acids is 1. The van der Waals surface area contributed by atoms with Gasteiger partial charge in [-0.15, -0.1) is 0 Å². The Morgan fingerprint density at radius 2 is 0.873 bits per heavy atom. The molecule has 3 fully saturated rings. The molecule has 5 N–H and O–H groups in total. The van der Waals surface area contributed by atoms with Crippen LogP contribution in [0.1, 0.15) is 105 Å². The Morgan fingerprint density at radius 1 is 0.471 bits per heavy atom. The number of carbonyl (C=O) groups is 6. The minimum absolute atomic E-state index is 0.00312. The van der Waals surface area contributed by atoms with E-state index in [0.717, 1.165) is 98.1 Å². The zero-order chi connectivity index (χ0) is 72.5. The van der Waals surface area contributed by atoms with E-state index in [2.05, 4.69) is 52.4 Å². The van der Waals surface area contributed by atoms with E-state index < -0.39 is 28.9 Å². The van der Waals surface area contributed by atoms with Crippen LogP contribution in [-0.2, 0) is 27.1 Å². The second kappa shape index (κ2) is 31.1. The van der Waals surface area contributed by atoms with Gasteiger partial charge in [-0.25, -0.2) is 19.2 Å². The van der Waals surface area contributed by atoms with Crippen molar-refractivity contribution in [1.82, 2.24) is 30.1 Å². The molecule has 13 rings (SSSR count). The normalized spacial score (nSPS) is 14.3. The first-order valence-corrected chi connectivity index (χ1v) is 34.1. The van der Waals surface area contributed by atoms with Crippen molar-refractivity contribution in [1.29, 1.82) is 0 Å². The van der Waals surface area contributed by atoms with E-state index in [1.54, 1.807) is 80.2 Å². The lowest BCUT2D eigenvalue weighted by atomic mass is 9.98. The molecule has 23 heteroatoms. The van der Waals surface area contributed by atoms with Gasteiger partial charge in [0.05, 0.1) is 47.2 Å². The Balaban J connectivity index is 0.000000161. The van der Waals surface area contributed by atoms with Crippen LogP contribution in [0.2, 0.25) is 0 Å². The van der Waals surface area contributed by atoms with Gasteiger partial charge in [-0.2, -0.15) is 0 Å². The summed E-state index contributed by atoms with van der Waals surface area (Å²) in [4.78, 5) is 98.4. The third-order valence-electron chi connectivity index (χ3n) is 17.3. The molecule has 3 aliphatic heterocycles. The highest BCUT2D eigenvalue weighted by Gasteiger charge is 2.29. The molecule has 102 heavy (non-hydrogen) atoms. The number of hydrogen-bond donors (Lipinski definition) is 4. The van der Waals surface area contributed by atoms with Gasteiger partial charge in [-0.05, 0) is 176 Å². The molecule has 3 saturated heterocycles. The fourth-order valence-corrected chi connectivity index (χ4v) is 12.0. The summed E-state index contributed by atoms with van der Waals surface area (Å²) in [5.74, 6) is -1.12. The number of rotatable bonds is 13. The fraction of sp³-hybridized carbons (Fsp3) is 0.329. The van der Waals surface area contributed by atoms with Crippen molar-refractivity contribution in [3.8, 4) is 22.3 Å². The number of piperazine rings is 3. The molecular weight excluding hydrogens is 1290 g/mol. The van der Waals surface area contributed by atoms with Crippen molar-refractivity contribution in [3.05, 3.63) is 193 Å². The van der Waals surface area contributed by atoms with Crippen LogP contribution in [0, 0.1) is 0 Å². The van der Waals surface area contributed by atoms with E-state index in [1.807, 2.05) is 139 Å². The van der Waals surface area contributed by atoms with Gasteiger partial charge < -0.3 is 63.7 Å². The number of nitrogens with two attached hydrogens (primary N) is 1. The third-order valence-corrected chi connectivity index (χ3v) is 17.3. The minimum Gasteiger partial charge on any atom is -0.478 e. The summed E-state index contributed by atoms with van der Waals surface area (Å²) in [6, 6.07) is 38.3. The number of Topliss-reactive ketones (excluding diaryl/α,β-unsaturated/α-hetero) is 2. The zero-order valence-corrected chi connectivity index (χ0v) is 59.1. The molecule has 0 aliphatic carbocycles. The molecule has 0 unspecified atom stereocenters. The third kappa shape index (κ3) is 18.9. The summed E-state index contributed by atoms with van der Waals surface area (Å²) in [5, 5.41) is 17.8. The van der Waals surface area contributed by atoms with Crippen LogP contribution in [0.15, 0.2) is 174 Å². The first-order valence-electron chi connectivity index (χ1n) is 34.1. The number of nitrogens with zero attached hydrogens (tertiary/aromatic N) is 8. The molecular formula is C79H87N11O12. The monoisotopic (exact) mass is 1380 g/mol. The highest BCUT2D eigenvalue weighted by Crippen LogP contribution is 2.32. The highest BCUT2D eigenvalue weighted by atomic mass is 16.6. The van der Waals surface area contributed by atoms with Crippen LogP contribution in [0.4, 0.5) is 42.8 Å². The number of pyridine rings is 3. The van der Waals surface area contributed by atoms with Crippen molar-refractivity contribution < 1.29 is 56.9 Å². The van der Waals surface area contributed by atoms with Gasteiger partial charge in [-0.1, -0.05) is 30.3 Å². The molecule has 0 saturated carbocycles. The number of aromatic carboxylic acids is 1. The van der Waals surface area contributed by atoms with Gasteiger partial charge in [0.25, 0.3) is 0 Å². The Kier molecular flexibility index (Phi) is 21.9. The molecule has 0 radical (unpaired) electrons. The molecule has 0 spiro atoms. The molecule has 0 atom stereocenters. The fourth-order valence-electron chi connectivity index (χ4n) is 12.0. The largest absolute Gasteiger partial charge is 0.478 e. The molecule has 8 heterocycles. The number of carbonyl (C=O) groups excluding carboxylic acids is 5. The lowest BCUT2D eigenvalue weighted by Gasteiger charge is -2.36. The van der Waals surface area contributed by atoms with Gasteiger partial charge in [0.2, 0.25) is 0 Å². The first-order chi connectivity index (χ1) is 48.6. The van der Waals surface area contributed by atoms with Gasteiger partial charge in [0, 0.05) is 177 Å². The smallest absolute Gasteiger partial charge is 0.412 e. The van der Waals surface area contributed by atoms with Crippen molar-refractivity contribution >= 4 is 97.0 Å². The van der Waals surface area contributed by atoms with Gasteiger partial charge >= 0.3 is 24.2 Å². The van der Waals surface area contributed by atoms with E-state index in [9.17, 15) is 28.8 Å². The maximum Gasteiger partial charge on any atom is 0.412 e. The predicted octanol–water partition coefficient (Wildman–Crippen LogP) is 14.2. The second-order valence-corrected chi connectivity index (χ2v) is 28.4. The number of carboxylic acid groups (broad SMARTS) is 1. The Bertz CT molecular complexity index is 4670. The topological polar surface area (TPSA) is 282 Å². The number of fused-ring (bicyclic) bond motifs is 3. The summed E-state index contributed by atoms with van der Waals surface area (Å²) < 4.78 is 26.8. The first kappa shape index (κ1) is 71.9. The van der Waals surface area contributed by atoms with Crippen molar-refractivity contribution in [2.75, 3.05) is 104 Å². The Morgan fingerprint density at radius 3 is 1.29 bits per heavy atom. The van der Waals surface area contributed by atoms with Crippen molar-refractivity contribution in [2.45, 2.75) is 92.0 Å². The van der Waals surface area contributed by atoms with E-state index in [-0.39, 0.29) is 42.2 Å². The molecule has 3 aliphatic rings. The van der Waals surface area contributed by atoms with Crippen LogP contribution in [0.3, 0.4) is 0 Å². The number of nitrogen functional groups attached to an aromatic ring is 1. The van der Waals surface area contributed by atoms with Crippen LogP contribution >= 0.6 is 0 Å². The molecule has 10 aromatic rings. The lowest BCUT2D eigenvalue weighted by molar-refractivity contribution is 0.0230. The van der Waals surface area contributed by atoms with E-state index in [4.69, 9.17) is 33.9 Å². The van der Waals surface area contributed by atoms with Gasteiger partial charge in [0.1, 0.15) is 16.8 Å². The van der Waals surface area contributed by atoms with Gasteiger partial charge in [0.15, 0.2) is 11.6 Å². The summed E-state index contributed by atoms with van der Waals surface area (Å²) in [6.45, 7) is 25.6. The number of benzene rings is 5. The quantitative estimate of drug-likeness (QED) is 0.0474.